The molecule has 1 aliphatic heterocycles. The Balaban J connectivity index is 2.03. The molecular weight excluding hydrogens is 330 g/mol. The van der Waals surface area contributed by atoms with Crippen molar-refractivity contribution in [3.05, 3.63) is 22.7 Å². The number of urea groups is 1. The first kappa shape index (κ1) is 17.6. The van der Waals surface area contributed by atoms with E-state index in [2.05, 4.69) is 5.32 Å². The van der Waals surface area contributed by atoms with E-state index in [0.29, 0.717) is 41.5 Å². The van der Waals surface area contributed by atoms with Crippen molar-refractivity contribution in [3.8, 4) is 11.5 Å². The average molecular weight is 349 g/mol. The second kappa shape index (κ2) is 7.68. The molecule has 1 saturated heterocycles. The Bertz CT molecular complexity index is 572. The molecule has 0 spiro atoms. The molecule has 8 heteroatoms. The summed E-state index contributed by atoms with van der Waals surface area (Å²) in [5.74, 6) is 0.845. The van der Waals surface area contributed by atoms with Crippen LogP contribution in [0.2, 0.25) is 5.02 Å². The lowest BCUT2D eigenvalue weighted by Gasteiger charge is -2.24. The Morgan fingerprint density at radius 3 is 2.78 bits per heavy atom. The van der Waals surface area contributed by atoms with E-state index < -0.39 is 18.5 Å². The highest BCUT2D eigenvalue weighted by atomic mass is 35.5. The summed E-state index contributed by atoms with van der Waals surface area (Å²) in [7, 11) is 2.96. The van der Waals surface area contributed by atoms with Gasteiger partial charge in [-0.05, 0) is 30.5 Å². The summed E-state index contributed by atoms with van der Waals surface area (Å²) < 4.78 is 36.1. The third-order valence-corrected chi connectivity index (χ3v) is 4.07. The predicted molar refractivity (Wildman–Crippen MR) is 82.5 cm³/mol. The van der Waals surface area contributed by atoms with Crippen molar-refractivity contribution in [3.63, 3.8) is 0 Å². The standard InChI is InChI=1S/C15H19ClF2N2O3/c1-22-12-7-9(6-10(16)13(12)23-2)8-19-15(21)20-5-3-4-11(20)14(17)18/h6-7,11,14H,3-5,8H2,1-2H3,(H,19,21)/t11-/m0/s1. The van der Waals surface area contributed by atoms with Gasteiger partial charge in [-0.3, -0.25) is 0 Å². The number of halogens is 3. The number of benzene rings is 1. The number of carbonyl (C=O) groups excluding carboxylic acids is 1. The molecule has 128 valence electrons. The minimum atomic E-state index is -2.53. The van der Waals surface area contributed by atoms with E-state index in [-0.39, 0.29) is 6.54 Å². The number of alkyl halides is 2. The van der Waals surface area contributed by atoms with Gasteiger partial charge in [-0.25, -0.2) is 13.6 Å². The van der Waals surface area contributed by atoms with Crippen molar-refractivity contribution in [2.24, 2.45) is 0 Å². The fraction of sp³-hybridized carbons (Fsp3) is 0.533. The molecule has 1 atom stereocenters. The summed E-state index contributed by atoms with van der Waals surface area (Å²) in [5.41, 5.74) is 0.689. The molecular formula is C15H19ClF2N2O3. The van der Waals surface area contributed by atoms with E-state index in [0.717, 1.165) is 0 Å². The van der Waals surface area contributed by atoms with Crippen molar-refractivity contribution in [1.82, 2.24) is 10.2 Å². The molecule has 5 nitrogen and oxygen atoms in total. The van der Waals surface area contributed by atoms with Crippen LogP contribution in [0.1, 0.15) is 18.4 Å². The van der Waals surface area contributed by atoms with Crippen LogP contribution >= 0.6 is 11.6 Å². The highest BCUT2D eigenvalue weighted by Crippen LogP contribution is 2.36. The van der Waals surface area contributed by atoms with Crippen LogP contribution in [0.3, 0.4) is 0 Å². The highest BCUT2D eigenvalue weighted by molar-refractivity contribution is 6.32. The first-order valence-electron chi connectivity index (χ1n) is 7.21. The van der Waals surface area contributed by atoms with Crippen LogP contribution in [-0.4, -0.2) is 44.2 Å². The summed E-state index contributed by atoms with van der Waals surface area (Å²) in [5, 5.41) is 2.99. The summed E-state index contributed by atoms with van der Waals surface area (Å²) in [6.45, 7) is 0.499. The molecule has 1 heterocycles. The molecule has 2 rings (SSSR count). The topological polar surface area (TPSA) is 50.8 Å². The van der Waals surface area contributed by atoms with E-state index in [1.165, 1.54) is 19.1 Å². The maximum atomic E-state index is 12.9. The van der Waals surface area contributed by atoms with Crippen LogP contribution in [0.4, 0.5) is 13.6 Å². The molecule has 1 N–H and O–H groups in total. The van der Waals surface area contributed by atoms with Crippen molar-refractivity contribution in [2.45, 2.75) is 31.9 Å². The molecule has 1 aliphatic rings. The number of hydrogen-bond donors (Lipinski definition) is 1. The maximum absolute atomic E-state index is 12.9. The number of nitrogens with one attached hydrogen (secondary N) is 1. The van der Waals surface area contributed by atoms with E-state index in [9.17, 15) is 13.6 Å². The number of rotatable bonds is 5. The Morgan fingerprint density at radius 2 is 2.17 bits per heavy atom. The molecule has 1 fully saturated rings. The molecule has 0 aliphatic carbocycles. The quantitative estimate of drug-likeness (QED) is 0.888. The Labute approximate surface area is 138 Å². The van der Waals surface area contributed by atoms with E-state index in [1.54, 1.807) is 12.1 Å². The summed E-state index contributed by atoms with van der Waals surface area (Å²) in [6.07, 6.45) is -1.61. The number of amides is 2. The van der Waals surface area contributed by atoms with Gasteiger partial charge in [0.05, 0.1) is 25.3 Å². The van der Waals surface area contributed by atoms with Gasteiger partial charge < -0.3 is 19.7 Å². The monoisotopic (exact) mass is 348 g/mol. The minimum Gasteiger partial charge on any atom is -0.493 e. The summed E-state index contributed by atoms with van der Waals surface area (Å²) in [6, 6.07) is 1.81. The zero-order chi connectivity index (χ0) is 17.0. The minimum absolute atomic E-state index is 0.158. The largest absolute Gasteiger partial charge is 0.493 e. The van der Waals surface area contributed by atoms with Crippen LogP contribution in [0.15, 0.2) is 12.1 Å². The lowest BCUT2D eigenvalue weighted by molar-refractivity contribution is 0.0606. The number of hydrogen-bond acceptors (Lipinski definition) is 3. The van der Waals surface area contributed by atoms with Crippen LogP contribution in [0.5, 0.6) is 11.5 Å². The van der Waals surface area contributed by atoms with Gasteiger partial charge in [-0.1, -0.05) is 11.6 Å². The van der Waals surface area contributed by atoms with Gasteiger partial charge >= 0.3 is 6.03 Å². The lowest BCUT2D eigenvalue weighted by Crippen LogP contribution is -2.45. The summed E-state index contributed by atoms with van der Waals surface area (Å²) in [4.78, 5) is 13.3. The van der Waals surface area contributed by atoms with Gasteiger partial charge in [0.25, 0.3) is 6.43 Å². The molecule has 1 aromatic carbocycles. The third-order valence-electron chi connectivity index (χ3n) is 3.79. The molecule has 0 bridgehead atoms. The zero-order valence-electron chi connectivity index (χ0n) is 12.9. The number of carbonyl (C=O) groups is 1. The Morgan fingerprint density at radius 1 is 1.43 bits per heavy atom. The number of likely N-dealkylation sites (tertiary alicyclic amines) is 1. The molecule has 0 radical (unpaired) electrons. The molecule has 0 saturated carbocycles. The second-order valence-electron chi connectivity index (χ2n) is 5.21. The van der Waals surface area contributed by atoms with Crippen molar-refractivity contribution in [2.75, 3.05) is 20.8 Å². The highest BCUT2D eigenvalue weighted by Gasteiger charge is 2.35. The van der Waals surface area contributed by atoms with Crippen molar-refractivity contribution in [1.29, 1.82) is 0 Å². The van der Waals surface area contributed by atoms with Crippen molar-refractivity contribution < 1.29 is 23.0 Å². The van der Waals surface area contributed by atoms with Gasteiger partial charge in [0.1, 0.15) is 0 Å². The average Bonchev–Trinajstić information content (AvgIpc) is 3.01. The van der Waals surface area contributed by atoms with Gasteiger partial charge in [0, 0.05) is 13.1 Å². The SMILES string of the molecule is COc1cc(CNC(=O)N2CCC[C@H]2C(F)F)cc(Cl)c1OC. The maximum Gasteiger partial charge on any atom is 0.318 e. The number of nitrogens with zero attached hydrogens (tertiary/aromatic N) is 1. The first-order valence-corrected chi connectivity index (χ1v) is 7.58. The van der Waals surface area contributed by atoms with Crippen LogP contribution in [0.25, 0.3) is 0 Å². The van der Waals surface area contributed by atoms with Crippen LogP contribution < -0.4 is 14.8 Å². The zero-order valence-corrected chi connectivity index (χ0v) is 13.7. The Hall–Kier alpha value is -1.76. The number of ether oxygens (including phenoxy) is 2. The third kappa shape index (κ3) is 3.96. The van der Waals surface area contributed by atoms with E-state index >= 15 is 0 Å². The molecule has 0 unspecified atom stereocenters. The molecule has 0 aromatic heterocycles. The van der Waals surface area contributed by atoms with Crippen LogP contribution in [0, 0.1) is 0 Å². The number of methoxy groups -OCH3 is 2. The van der Waals surface area contributed by atoms with Gasteiger partial charge in [-0.15, -0.1) is 0 Å². The normalized spacial score (nSPS) is 17.5. The molecule has 2 amide bonds. The second-order valence-corrected chi connectivity index (χ2v) is 5.62. The molecule has 23 heavy (non-hydrogen) atoms. The smallest absolute Gasteiger partial charge is 0.318 e. The van der Waals surface area contributed by atoms with Crippen LogP contribution in [-0.2, 0) is 6.54 Å². The first-order chi connectivity index (χ1) is 11.0. The lowest BCUT2D eigenvalue weighted by atomic mass is 10.2. The Kier molecular flexibility index (Phi) is 5.87. The van der Waals surface area contributed by atoms with Gasteiger partial charge in [0.2, 0.25) is 0 Å². The fourth-order valence-corrected chi connectivity index (χ4v) is 2.97. The van der Waals surface area contributed by atoms with Crippen molar-refractivity contribution >= 4 is 17.6 Å². The summed E-state index contributed by atoms with van der Waals surface area (Å²) >= 11 is 6.09. The predicted octanol–water partition coefficient (Wildman–Crippen LogP) is 3.30. The van der Waals surface area contributed by atoms with E-state index in [1.807, 2.05) is 0 Å². The van der Waals surface area contributed by atoms with Gasteiger partial charge in [-0.2, -0.15) is 0 Å². The van der Waals surface area contributed by atoms with E-state index in [4.69, 9.17) is 21.1 Å². The molecule has 1 aromatic rings. The fourth-order valence-electron chi connectivity index (χ4n) is 2.66. The van der Waals surface area contributed by atoms with Gasteiger partial charge in [0.15, 0.2) is 11.5 Å².